The molecule has 2 rings (SSSR count). The first-order valence-corrected chi connectivity index (χ1v) is 7.92. The van der Waals surface area contributed by atoms with Gasteiger partial charge in [-0.15, -0.1) is 0 Å². The molecule has 0 bridgehead atoms. The molecule has 0 spiro atoms. The van der Waals surface area contributed by atoms with Gasteiger partial charge in [-0.05, 0) is 36.5 Å². The molecule has 1 aromatic carbocycles. The lowest BCUT2D eigenvalue weighted by molar-refractivity contribution is 0.165. The molecule has 0 aliphatic carbocycles. The first-order valence-electron chi connectivity index (χ1n) is 6.48. The van der Waals surface area contributed by atoms with Crippen LogP contribution in [0.25, 0.3) is 0 Å². The molecule has 1 aliphatic heterocycles. The molecule has 1 heterocycles. The quantitative estimate of drug-likeness (QED) is 0.845. The summed E-state index contributed by atoms with van der Waals surface area (Å²) in [6, 6.07) is 6.67. The van der Waals surface area contributed by atoms with E-state index in [2.05, 4.69) is 0 Å². The Kier molecular flexibility index (Phi) is 4.57. The predicted octanol–water partition coefficient (Wildman–Crippen LogP) is 0.538. The fraction of sp³-hybridized carbons (Fsp3) is 0.538. The maximum absolute atomic E-state index is 12.5. The topological polar surface area (TPSA) is 83.6 Å². The molecule has 1 atom stereocenters. The van der Waals surface area contributed by atoms with Crippen LogP contribution in [0.1, 0.15) is 18.4 Å². The molecular formula is C13H20N2O3S. The number of benzene rings is 1. The molecular weight excluding hydrogens is 264 g/mol. The van der Waals surface area contributed by atoms with Crippen LogP contribution in [-0.4, -0.2) is 37.5 Å². The number of hydrogen-bond donors (Lipinski definition) is 2. The molecule has 6 heteroatoms. The van der Waals surface area contributed by atoms with Gasteiger partial charge in [-0.3, -0.25) is 0 Å². The lowest BCUT2D eigenvalue weighted by Crippen LogP contribution is -2.40. The average Bonchev–Trinajstić information content (AvgIpc) is 2.47. The van der Waals surface area contributed by atoms with Crippen LogP contribution < -0.4 is 5.73 Å². The zero-order chi connectivity index (χ0) is 13.9. The van der Waals surface area contributed by atoms with Crippen molar-refractivity contribution < 1.29 is 13.5 Å². The Bertz CT molecular complexity index is 513. The predicted molar refractivity (Wildman–Crippen MR) is 72.9 cm³/mol. The van der Waals surface area contributed by atoms with Crippen LogP contribution in [0, 0.1) is 5.92 Å². The third kappa shape index (κ3) is 3.14. The maximum atomic E-state index is 12.5. The molecule has 1 aromatic rings. The van der Waals surface area contributed by atoms with Gasteiger partial charge in [0.05, 0.1) is 4.90 Å². The van der Waals surface area contributed by atoms with E-state index in [0.29, 0.717) is 24.5 Å². The Morgan fingerprint density at radius 1 is 1.32 bits per heavy atom. The van der Waals surface area contributed by atoms with E-state index in [0.717, 1.165) is 18.4 Å². The van der Waals surface area contributed by atoms with Crippen LogP contribution >= 0.6 is 0 Å². The Balaban J connectivity index is 2.20. The molecule has 0 saturated carbocycles. The lowest BCUT2D eigenvalue weighted by atomic mass is 10.0. The molecule has 5 nitrogen and oxygen atoms in total. The van der Waals surface area contributed by atoms with Crippen LogP contribution in [-0.2, 0) is 16.6 Å². The molecule has 1 saturated heterocycles. The van der Waals surface area contributed by atoms with Crippen LogP contribution in [0.3, 0.4) is 0 Å². The van der Waals surface area contributed by atoms with Crippen molar-refractivity contribution in [1.82, 2.24) is 4.31 Å². The number of nitrogens with two attached hydrogens (primary N) is 1. The van der Waals surface area contributed by atoms with Crippen molar-refractivity contribution >= 4 is 10.0 Å². The minimum atomic E-state index is -3.45. The van der Waals surface area contributed by atoms with E-state index < -0.39 is 10.0 Å². The van der Waals surface area contributed by atoms with E-state index in [4.69, 9.17) is 5.73 Å². The molecule has 1 unspecified atom stereocenters. The summed E-state index contributed by atoms with van der Waals surface area (Å²) in [7, 11) is -3.45. The Morgan fingerprint density at radius 3 is 2.58 bits per heavy atom. The first kappa shape index (κ1) is 14.5. The molecule has 1 aliphatic rings. The molecule has 3 N–H and O–H groups in total. The van der Waals surface area contributed by atoms with Gasteiger partial charge in [-0.25, -0.2) is 8.42 Å². The van der Waals surface area contributed by atoms with E-state index >= 15 is 0 Å². The van der Waals surface area contributed by atoms with E-state index in [9.17, 15) is 13.5 Å². The fourth-order valence-electron chi connectivity index (χ4n) is 2.34. The van der Waals surface area contributed by atoms with Gasteiger partial charge in [0, 0.05) is 26.2 Å². The van der Waals surface area contributed by atoms with Gasteiger partial charge >= 0.3 is 0 Å². The summed E-state index contributed by atoms with van der Waals surface area (Å²) in [5.74, 6) is 0.0480. The molecule has 0 aromatic heterocycles. The third-order valence-corrected chi connectivity index (χ3v) is 5.42. The number of rotatable bonds is 4. The second-order valence-electron chi connectivity index (χ2n) is 4.90. The number of hydrogen-bond acceptors (Lipinski definition) is 4. The normalized spacial score (nSPS) is 21.5. The smallest absolute Gasteiger partial charge is 0.243 e. The summed E-state index contributed by atoms with van der Waals surface area (Å²) in [6.45, 7) is 1.36. The number of aliphatic hydroxyl groups is 1. The minimum Gasteiger partial charge on any atom is -0.396 e. The Hall–Kier alpha value is -0.950. The molecule has 1 fully saturated rings. The lowest BCUT2D eigenvalue weighted by Gasteiger charge is -2.30. The minimum absolute atomic E-state index is 0.0398. The highest BCUT2D eigenvalue weighted by atomic mass is 32.2. The summed E-state index contributed by atoms with van der Waals surface area (Å²) >= 11 is 0. The highest BCUT2D eigenvalue weighted by Crippen LogP contribution is 2.23. The third-order valence-electron chi connectivity index (χ3n) is 3.54. The Labute approximate surface area is 114 Å². The van der Waals surface area contributed by atoms with Crippen LogP contribution in [0.2, 0.25) is 0 Å². The zero-order valence-corrected chi connectivity index (χ0v) is 11.6. The van der Waals surface area contributed by atoms with Crippen molar-refractivity contribution in [3.05, 3.63) is 29.8 Å². The van der Waals surface area contributed by atoms with Gasteiger partial charge in [0.1, 0.15) is 0 Å². The monoisotopic (exact) mass is 284 g/mol. The molecule has 106 valence electrons. The summed E-state index contributed by atoms with van der Waals surface area (Å²) < 4.78 is 26.4. The van der Waals surface area contributed by atoms with Gasteiger partial charge in [0.2, 0.25) is 10.0 Å². The molecule has 0 radical (unpaired) electrons. The van der Waals surface area contributed by atoms with E-state index in [1.807, 2.05) is 0 Å². The van der Waals surface area contributed by atoms with Crippen molar-refractivity contribution in [3.8, 4) is 0 Å². The second kappa shape index (κ2) is 6.00. The number of aliphatic hydroxyl groups excluding tert-OH is 1. The number of piperidine rings is 1. The van der Waals surface area contributed by atoms with Crippen molar-refractivity contribution in [2.45, 2.75) is 24.3 Å². The van der Waals surface area contributed by atoms with E-state index in [1.54, 1.807) is 24.3 Å². The van der Waals surface area contributed by atoms with Crippen molar-refractivity contribution in [2.24, 2.45) is 11.7 Å². The van der Waals surface area contributed by atoms with Crippen molar-refractivity contribution in [2.75, 3.05) is 19.7 Å². The summed E-state index contributed by atoms with van der Waals surface area (Å²) in [5, 5.41) is 9.18. The van der Waals surface area contributed by atoms with Gasteiger partial charge < -0.3 is 10.8 Å². The Morgan fingerprint density at radius 2 is 2.00 bits per heavy atom. The summed E-state index contributed by atoms with van der Waals surface area (Å²) in [4.78, 5) is 0.295. The second-order valence-corrected chi connectivity index (χ2v) is 6.84. The average molecular weight is 284 g/mol. The fourth-order valence-corrected chi connectivity index (χ4v) is 3.90. The zero-order valence-electron chi connectivity index (χ0n) is 10.8. The summed E-state index contributed by atoms with van der Waals surface area (Å²) in [6.07, 6.45) is 1.68. The van der Waals surface area contributed by atoms with Crippen LogP contribution in [0.4, 0.5) is 0 Å². The highest BCUT2D eigenvalue weighted by molar-refractivity contribution is 7.89. The number of sulfonamides is 1. The van der Waals surface area contributed by atoms with E-state index in [1.165, 1.54) is 4.31 Å². The van der Waals surface area contributed by atoms with Crippen molar-refractivity contribution in [3.63, 3.8) is 0 Å². The van der Waals surface area contributed by atoms with Crippen LogP contribution in [0.15, 0.2) is 29.2 Å². The van der Waals surface area contributed by atoms with Gasteiger partial charge in [0.15, 0.2) is 0 Å². The highest BCUT2D eigenvalue weighted by Gasteiger charge is 2.29. The summed E-state index contributed by atoms with van der Waals surface area (Å²) in [5.41, 5.74) is 6.41. The van der Waals surface area contributed by atoms with Crippen LogP contribution in [0.5, 0.6) is 0 Å². The molecule has 19 heavy (non-hydrogen) atoms. The standard InChI is InChI=1S/C13H20N2O3S/c14-8-11-3-5-13(6-4-11)19(17,18)15-7-1-2-12(9-15)10-16/h3-6,12,16H,1-2,7-10,14H2. The largest absolute Gasteiger partial charge is 0.396 e. The number of nitrogens with zero attached hydrogens (tertiary/aromatic N) is 1. The van der Waals surface area contributed by atoms with Gasteiger partial charge in [-0.1, -0.05) is 12.1 Å². The first-order chi connectivity index (χ1) is 9.07. The van der Waals surface area contributed by atoms with Gasteiger partial charge in [-0.2, -0.15) is 4.31 Å². The van der Waals surface area contributed by atoms with E-state index in [-0.39, 0.29) is 12.5 Å². The molecule has 0 amide bonds. The van der Waals surface area contributed by atoms with Gasteiger partial charge in [0.25, 0.3) is 0 Å². The SMILES string of the molecule is NCc1ccc(S(=O)(=O)N2CCCC(CO)C2)cc1. The maximum Gasteiger partial charge on any atom is 0.243 e. The van der Waals surface area contributed by atoms with Crippen molar-refractivity contribution in [1.29, 1.82) is 0 Å².